The topological polar surface area (TPSA) is 45.2 Å². The lowest BCUT2D eigenvalue weighted by Crippen LogP contribution is -2.37. The predicted molar refractivity (Wildman–Crippen MR) is 75.9 cm³/mol. The SMILES string of the molecule is O=C(CCNCCc1ccncc1)N1CCCCC1. The number of nitrogens with zero attached hydrogens (tertiary/aromatic N) is 2. The lowest BCUT2D eigenvalue weighted by atomic mass is 10.1. The van der Waals surface area contributed by atoms with Gasteiger partial charge in [0.25, 0.3) is 0 Å². The van der Waals surface area contributed by atoms with Crippen LogP contribution in [0.2, 0.25) is 0 Å². The van der Waals surface area contributed by atoms with Gasteiger partial charge in [-0.2, -0.15) is 0 Å². The Kier molecular flexibility index (Phi) is 5.82. The van der Waals surface area contributed by atoms with Gasteiger partial charge >= 0.3 is 0 Å². The number of pyridine rings is 1. The van der Waals surface area contributed by atoms with E-state index >= 15 is 0 Å². The monoisotopic (exact) mass is 261 g/mol. The van der Waals surface area contributed by atoms with Crippen LogP contribution in [-0.2, 0) is 11.2 Å². The quantitative estimate of drug-likeness (QED) is 0.791. The van der Waals surface area contributed by atoms with Crippen molar-refractivity contribution in [3.05, 3.63) is 30.1 Å². The van der Waals surface area contributed by atoms with Gasteiger partial charge in [0.15, 0.2) is 0 Å². The van der Waals surface area contributed by atoms with Gasteiger partial charge in [-0.1, -0.05) is 0 Å². The molecule has 0 radical (unpaired) electrons. The fraction of sp³-hybridized carbons (Fsp3) is 0.600. The highest BCUT2D eigenvalue weighted by Gasteiger charge is 2.15. The number of likely N-dealkylation sites (tertiary alicyclic amines) is 1. The Morgan fingerprint density at radius 1 is 1.16 bits per heavy atom. The minimum atomic E-state index is 0.302. The molecule has 0 spiro atoms. The largest absolute Gasteiger partial charge is 0.343 e. The van der Waals surface area contributed by atoms with Gasteiger partial charge in [0.1, 0.15) is 0 Å². The molecule has 104 valence electrons. The van der Waals surface area contributed by atoms with Crippen molar-refractivity contribution in [1.29, 1.82) is 0 Å². The first-order valence-corrected chi connectivity index (χ1v) is 7.23. The predicted octanol–water partition coefficient (Wildman–Crippen LogP) is 1.62. The summed E-state index contributed by atoms with van der Waals surface area (Å²) in [5.74, 6) is 0.302. The van der Waals surface area contributed by atoms with Gasteiger partial charge in [-0.05, 0) is 49.9 Å². The van der Waals surface area contributed by atoms with E-state index < -0.39 is 0 Å². The first kappa shape index (κ1) is 14.0. The second kappa shape index (κ2) is 7.89. The molecule has 0 aromatic carbocycles. The Morgan fingerprint density at radius 2 is 1.89 bits per heavy atom. The van der Waals surface area contributed by atoms with Crippen LogP contribution in [0.5, 0.6) is 0 Å². The zero-order valence-corrected chi connectivity index (χ0v) is 11.5. The zero-order valence-electron chi connectivity index (χ0n) is 11.5. The van der Waals surface area contributed by atoms with Crippen molar-refractivity contribution in [3.8, 4) is 0 Å². The van der Waals surface area contributed by atoms with Gasteiger partial charge in [-0.3, -0.25) is 9.78 Å². The molecule has 2 rings (SSSR count). The summed E-state index contributed by atoms with van der Waals surface area (Å²) in [4.78, 5) is 17.9. The fourth-order valence-corrected chi connectivity index (χ4v) is 2.40. The minimum absolute atomic E-state index is 0.302. The molecule has 1 aliphatic heterocycles. The summed E-state index contributed by atoms with van der Waals surface area (Å²) in [7, 11) is 0. The number of amides is 1. The fourth-order valence-electron chi connectivity index (χ4n) is 2.40. The molecular weight excluding hydrogens is 238 g/mol. The maximum atomic E-state index is 11.9. The maximum absolute atomic E-state index is 11.9. The number of carbonyl (C=O) groups excluding carboxylic acids is 1. The van der Waals surface area contributed by atoms with Crippen molar-refractivity contribution in [2.24, 2.45) is 0 Å². The van der Waals surface area contributed by atoms with E-state index in [1.165, 1.54) is 24.8 Å². The van der Waals surface area contributed by atoms with Crippen molar-refractivity contribution in [2.75, 3.05) is 26.2 Å². The van der Waals surface area contributed by atoms with Crippen LogP contribution in [0.3, 0.4) is 0 Å². The smallest absolute Gasteiger partial charge is 0.223 e. The molecule has 1 aromatic rings. The first-order chi connectivity index (χ1) is 9.36. The van der Waals surface area contributed by atoms with E-state index in [1.54, 1.807) is 0 Å². The Bertz CT molecular complexity index is 374. The number of aromatic nitrogens is 1. The highest BCUT2D eigenvalue weighted by molar-refractivity contribution is 5.76. The summed E-state index contributed by atoms with van der Waals surface area (Å²) in [5, 5.41) is 3.34. The molecule has 1 N–H and O–H groups in total. The molecule has 0 atom stereocenters. The molecule has 1 fully saturated rings. The normalized spacial score (nSPS) is 15.5. The van der Waals surface area contributed by atoms with Crippen LogP contribution < -0.4 is 5.32 Å². The lowest BCUT2D eigenvalue weighted by Gasteiger charge is -2.26. The molecule has 2 heterocycles. The van der Waals surface area contributed by atoms with Crippen LogP contribution >= 0.6 is 0 Å². The molecule has 1 aromatic heterocycles. The van der Waals surface area contributed by atoms with E-state index in [0.717, 1.165) is 32.6 Å². The lowest BCUT2D eigenvalue weighted by molar-refractivity contribution is -0.131. The second-order valence-electron chi connectivity index (χ2n) is 5.05. The van der Waals surface area contributed by atoms with Crippen molar-refractivity contribution in [3.63, 3.8) is 0 Å². The summed E-state index contributed by atoms with van der Waals surface area (Å²) in [6.07, 6.45) is 8.84. The maximum Gasteiger partial charge on any atom is 0.223 e. The molecule has 4 heteroatoms. The summed E-state index contributed by atoms with van der Waals surface area (Å²) in [6, 6.07) is 4.06. The molecule has 1 amide bonds. The minimum Gasteiger partial charge on any atom is -0.343 e. The van der Waals surface area contributed by atoms with E-state index in [-0.39, 0.29) is 0 Å². The van der Waals surface area contributed by atoms with Gasteiger partial charge in [0.2, 0.25) is 5.91 Å². The molecular formula is C15H23N3O. The van der Waals surface area contributed by atoms with Crippen LogP contribution in [0.15, 0.2) is 24.5 Å². The Hall–Kier alpha value is -1.42. The first-order valence-electron chi connectivity index (χ1n) is 7.23. The summed E-state index contributed by atoms with van der Waals surface area (Å²) in [6.45, 7) is 3.60. The number of hydrogen-bond acceptors (Lipinski definition) is 3. The van der Waals surface area contributed by atoms with Crippen molar-refractivity contribution in [2.45, 2.75) is 32.1 Å². The number of nitrogens with one attached hydrogen (secondary N) is 1. The molecule has 0 saturated carbocycles. The van der Waals surface area contributed by atoms with Crippen molar-refractivity contribution in [1.82, 2.24) is 15.2 Å². The summed E-state index contributed by atoms with van der Waals surface area (Å²) < 4.78 is 0. The molecule has 0 bridgehead atoms. The molecule has 0 aliphatic carbocycles. The Balaban J connectivity index is 1.55. The molecule has 1 aliphatic rings. The third-order valence-electron chi connectivity index (χ3n) is 3.56. The van der Waals surface area contributed by atoms with Gasteiger partial charge in [-0.25, -0.2) is 0 Å². The van der Waals surface area contributed by atoms with Crippen LogP contribution in [0, 0.1) is 0 Å². The standard InChI is InChI=1S/C15H23N3O/c19-15(18-12-2-1-3-13-18)7-11-17-10-6-14-4-8-16-9-5-14/h4-5,8-9,17H,1-3,6-7,10-13H2. The van der Waals surface area contributed by atoms with E-state index in [0.29, 0.717) is 12.3 Å². The molecule has 1 saturated heterocycles. The molecule has 19 heavy (non-hydrogen) atoms. The summed E-state index contributed by atoms with van der Waals surface area (Å²) in [5.41, 5.74) is 1.28. The zero-order chi connectivity index (χ0) is 13.3. The number of rotatable bonds is 6. The van der Waals surface area contributed by atoms with E-state index in [4.69, 9.17) is 0 Å². The van der Waals surface area contributed by atoms with E-state index in [9.17, 15) is 4.79 Å². The Morgan fingerprint density at radius 3 is 2.63 bits per heavy atom. The van der Waals surface area contributed by atoms with Crippen molar-refractivity contribution >= 4 is 5.91 Å². The number of piperidine rings is 1. The van der Waals surface area contributed by atoms with Gasteiger partial charge in [-0.15, -0.1) is 0 Å². The van der Waals surface area contributed by atoms with Gasteiger partial charge < -0.3 is 10.2 Å². The number of hydrogen-bond donors (Lipinski definition) is 1. The molecule has 4 nitrogen and oxygen atoms in total. The van der Waals surface area contributed by atoms with E-state index in [2.05, 4.69) is 10.3 Å². The van der Waals surface area contributed by atoms with Crippen LogP contribution in [0.4, 0.5) is 0 Å². The van der Waals surface area contributed by atoms with Crippen LogP contribution in [0.1, 0.15) is 31.2 Å². The van der Waals surface area contributed by atoms with Gasteiger partial charge in [0, 0.05) is 38.4 Å². The van der Waals surface area contributed by atoms with Crippen molar-refractivity contribution < 1.29 is 4.79 Å². The third kappa shape index (κ3) is 4.99. The second-order valence-corrected chi connectivity index (χ2v) is 5.05. The summed E-state index contributed by atoms with van der Waals surface area (Å²) >= 11 is 0. The number of carbonyl (C=O) groups is 1. The average Bonchev–Trinajstić information content (AvgIpc) is 2.49. The van der Waals surface area contributed by atoms with E-state index in [1.807, 2.05) is 29.4 Å². The van der Waals surface area contributed by atoms with Crippen LogP contribution in [-0.4, -0.2) is 42.0 Å². The van der Waals surface area contributed by atoms with Gasteiger partial charge in [0.05, 0.1) is 0 Å². The average molecular weight is 261 g/mol. The highest BCUT2D eigenvalue weighted by Crippen LogP contribution is 2.09. The Labute approximate surface area is 115 Å². The molecule has 0 unspecified atom stereocenters. The van der Waals surface area contributed by atoms with Crippen LogP contribution in [0.25, 0.3) is 0 Å². The third-order valence-corrected chi connectivity index (χ3v) is 3.56. The highest BCUT2D eigenvalue weighted by atomic mass is 16.2.